The number of ether oxygens (including phenoxy) is 1. The summed E-state index contributed by atoms with van der Waals surface area (Å²) in [7, 11) is 0. The molecule has 0 radical (unpaired) electrons. The molecule has 0 N–H and O–H groups in total. The van der Waals surface area contributed by atoms with Crippen molar-refractivity contribution < 1.29 is 22.3 Å². The molecular weight excluding hydrogens is 259 g/mol. The van der Waals surface area contributed by atoms with Crippen LogP contribution in [0.4, 0.5) is 13.2 Å². The van der Waals surface area contributed by atoms with Gasteiger partial charge >= 0.3 is 12.3 Å². The van der Waals surface area contributed by atoms with Crippen LogP contribution in [0.1, 0.15) is 5.56 Å². The molecule has 3 nitrogen and oxygen atoms in total. The minimum atomic E-state index is -4.42. The third-order valence-electron chi connectivity index (χ3n) is 1.82. The number of nitrogens with zero attached hydrogens (tertiary/aromatic N) is 1. The van der Waals surface area contributed by atoms with E-state index in [4.69, 9.17) is 20.8 Å². The molecule has 7 heteroatoms. The van der Waals surface area contributed by atoms with E-state index in [9.17, 15) is 13.2 Å². The third-order valence-corrected chi connectivity index (χ3v) is 2.00. The van der Waals surface area contributed by atoms with Gasteiger partial charge in [-0.2, -0.15) is 18.2 Å². The number of hydrogen-bond donors (Lipinski definition) is 0. The van der Waals surface area contributed by atoms with Crippen molar-refractivity contribution in [3.63, 3.8) is 0 Å². The fourth-order valence-corrected chi connectivity index (χ4v) is 1.24. The lowest BCUT2D eigenvalue weighted by Gasteiger charge is -2.07. The van der Waals surface area contributed by atoms with E-state index in [1.807, 2.05) is 0 Å². The van der Waals surface area contributed by atoms with Crippen molar-refractivity contribution in [2.45, 2.75) is 6.18 Å². The van der Waals surface area contributed by atoms with Gasteiger partial charge in [-0.15, -0.1) is 0 Å². The fourth-order valence-electron chi connectivity index (χ4n) is 1.12. The van der Waals surface area contributed by atoms with Crippen LogP contribution in [0.5, 0.6) is 11.8 Å². The second-order valence-electron chi connectivity index (χ2n) is 3.06. The summed E-state index contributed by atoms with van der Waals surface area (Å²) in [5.74, 6) is -0.0293. The molecule has 1 aromatic heterocycles. The Labute approximate surface area is 98.8 Å². The Hall–Kier alpha value is -1.69. The predicted octanol–water partition coefficient (Wildman–Crippen LogP) is 4.14. The summed E-state index contributed by atoms with van der Waals surface area (Å²) < 4.78 is 46.9. The van der Waals surface area contributed by atoms with Crippen molar-refractivity contribution >= 4 is 11.6 Å². The molecule has 0 aliphatic carbocycles. The quantitative estimate of drug-likeness (QED) is 0.817. The molecule has 1 heterocycles. The zero-order chi connectivity index (χ0) is 12.5. The van der Waals surface area contributed by atoms with Gasteiger partial charge in [-0.05, 0) is 29.8 Å². The molecule has 0 spiro atoms. The molecule has 0 bridgehead atoms. The maximum absolute atomic E-state index is 12.4. The molecule has 1 aromatic carbocycles. The average Bonchev–Trinajstić information content (AvgIpc) is 2.63. The lowest BCUT2D eigenvalue weighted by molar-refractivity contribution is -0.137. The number of benzene rings is 1. The topological polar surface area (TPSA) is 35.3 Å². The smallest absolute Gasteiger partial charge is 0.411 e. The molecule has 0 amide bonds. The normalized spacial score (nSPS) is 11.5. The largest absolute Gasteiger partial charge is 0.416 e. The van der Waals surface area contributed by atoms with Crippen molar-refractivity contribution in [1.82, 2.24) is 4.98 Å². The first kappa shape index (κ1) is 11.8. The number of hydrogen-bond acceptors (Lipinski definition) is 3. The first-order valence-corrected chi connectivity index (χ1v) is 4.79. The molecule has 0 aliphatic heterocycles. The van der Waals surface area contributed by atoms with E-state index in [1.54, 1.807) is 0 Å². The first-order chi connectivity index (χ1) is 7.95. The lowest BCUT2D eigenvalue weighted by Crippen LogP contribution is -2.04. The molecule has 0 atom stereocenters. The highest BCUT2D eigenvalue weighted by Gasteiger charge is 2.30. The number of halogens is 4. The van der Waals surface area contributed by atoms with Crippen molar-refractivity contribution in [3.8, 4) is 11.8 Å². The molecule has 2 rings (SSSR count). The van der Waals surface area contributed by atoms with E-state index in [-0.39, 0.29) is 17.0 Å². The Bertz CT molecular complexity index is 524. The van der Waals surface area contributed by atoms with Crippen molar-refractivity contribution in [1.29, 1.82) is 0 Å². The monoisotopic (exact) mass is 263 g/mol. The minimum Gasteiger partial charge on any atom is -0.411 e. The van der Waals surface area contributed by atoms with Crippen LogP contribution >= 0.6 is 11.6 Å². The van der Waals surface area contributed by atoms with E-state index < -0.39 is 11.7 Å². The van der Waals surface area contributed by atoms with Crippen molar-refractivity contribution in [2.75, 3.05) is 0 Å². The summed E-state index contributed by atoms with van der Waals surface area (Å²) in [6, 6.07) is 4.36. The van der Waals surface area contributed by atoms with Gasteiger partial charge in [0.25, 0.3) is 0 Å². The van der Waals surface area contributed by atoms with E-state index in [0.29, 0.717) is 0 Å². The van der Waals surface area contributed by atoms with E-state index in [0.717, 1.165) is 12.1 Å². The predicted molar refractivity (Wildman–Crippen MR) is 53.0 cm³/mol. The Morgan fingerprint density at radius 3 is 2.65 bits per heavy atom. The van der Waals surface area contributed by atoms with Gasteiger partial charge in [-0.25, -0.2) is 0 Å². The average molecular weight is 264 g/mol. The van der Waals surface area contributed by atoms with Gasteiger partial charge in [-0.1, -0.05) is 6.07 Å². The van der Waals surface area contributed by atoms with Crippen LogP contribution in [0.15, 0.2) is 34.9 Å². The summed E-state index contributed by atoms with van der Waals surface area (Å²) in [6.45, 7) is 0. The van der Waals surface area contributed by atoms with Crippen LogP contribution in [-0.2, 0) is 6.18 Å². The number of alkyl halides is 3. The first-order valence-electron chi connectivity index (χ1n) is 4.41. The molecule has 2 aromatic rings. The summed E-state index contributed by atoms with van der Waals surface area (Å²) >= 11 is 5.44. The molecule has 0 saturated carbocycles. The van der Waals surface area contributed by atoms with Gasteiger partial charge in [0.15, 0.2) is 0 Å². The number of rotatable bonds is 2. The fraction of sp³-hybridized carbons (Fsp3) is 0.100. The highest BCUT2D eigenvalue weighted by atomic mass is 35.5. The summed E-state index contributed by atoms with van der Waals surface area (Å²) in [4.78, 5) is 3.60. The van der Waals surface area contributed by atoms with Crippen LogP contribution in [0.25, 0.3) is 0 Å². The van der Waals surface area contributed by atoms with Crippen LogP contribution in [0.3, 0.4) is 0 Å². The van der Waals surface area contributed by atoms with Crippen LogP contribution in [0.2, 0.25) is 5.22 Å². The van der Waals surface area contributed by atoms with E-state index in [1.165, 1.54) is 18.3 Å². The highest BCUT2D eigenvalue weighted by Crippen LogP contribution is 2.32. The SMILES string of the molecule is FC(F)(F)c1cccc(Oc2ncc(Cl)o2)c1. The van der Waals surface area contributed by atoms with Gasteiger partial charge in [0, 0.05) is 0 Å². The molecule has 0 unspecified atom stereocenters. The second kappa shape index (κ2) is 4.29. The van der Waals surface area contributed by atoms with Gasteiger partial charge in [0.05, 0.1) is 11.8 Å². The maximum Gasteiger partial charge on any atom is 0.416 e. The second-order valence-corrected chi connectivity index (χ2v) is 3.43. The Morgan fingerprint density at radius 1 is 1.29 bits per heavy atom. The third kappa shape index (κ3) is 2.91. The number of oxazole rings is 1. The van der Waals surface area contributed by atoms with E-state index >= 15 is 0 Å². The molecule has 17 heavy (non-hydrogen) atoms. The molecule has 90 valence electrons. The lowest BCUT2D eigenvalue weighted by atomic mass is 10.2. The Balaban J connectivity index is 2.22. The standard InChI is InChI=1S/C10H5ClF3NO2/c11-8-5-15-9(17-8)16-7-3-1-2-6(4-7)10(12,13)14/h1-5H. The Morgan fingerprint density at radius 2 is 2.06 bits per heavy atom. The van der Waals surface area contributed by atoms with Gasteiger partial charge in [-0.3, -0.25) is 0 Å². The van der Waals surface area contributed by atoms with Crippen molar-refractivity contribution in [3.05, 3.63) is 41.2 Å². The molecule has 0 fully saturated rings. The Kier molecular flexibility index (Phi) is 2.97. The van der Waals surface area contributed by atoms with Gasteiger partial charge in [0.2, 0.25) is 5.22 Å². The zero-order valence-corrected chi connectivity index (χ0v) is 8.92. The van der Waals surface area contributed by atoms with Crippen molar-refractivity contribution in [2.24, 2.45) is 0 Å². The minimum absolute atomic E-state index is 0.00743. The summed E-state index contributed by atoms with van der Waals surface area (Å²) in [5.41, 5.74) is -0.812. The van der Waals surface area contributed by atoms with E-state index in [2.05, 4.69) is 4.98 Å². The zero-order valence-electron chi connectivity index (χ0n) is 8.16. The highest BCUT2D eigenvalue weighted by molar-refractivity contribution is 6.28. The maximum atomic E-state index is 12.4. The number of aromatic nitrogens is 1. The summed E-state index contributed by atoms with van der Waals surface area (Å²) in [6.07, 6.45) is -3.45. The van der Waals surface area contributed by atoms with Crippen LogP contribution in [0, 0.1) is 0 Å². The van der Waals surface area contributed by atoms with Gasteiger partial charge < -0.3 is 9.15 Å². The van der Waals surface area contributed by atoms with Crippen LogP contribution < -0.4 is 4.74 Å². The van der Waals surface area contributed by atoms with Gasteiger partial charge in [0.1, 0.15) is 5.75 Å². The summed E-state index contributed by atoms with van der Waals surface area (Å²) in [5, 5.41) is -0.00743. The molecule has 0 saturated heterocycles. The molecular formula is C10H5ClF3NO2. The molecule has 0 aliphatic rings. The van der Waals surface area contributed by atoms with Crippen LogP contribution in [-0.4, -0.2) is 4.98 Å².